The molecule has 0 aliphatic rings. The zero-order valence-electron chi connectivity index (χ0n) is 15.2. The first-order valence-corrected chi connectivity index (χ1v) is 8.61. The molecule has 2 N–H and O–H groups in total. The summed E-state index contributed by atoms with van der Waals surface area (Å²) in [5.41, 5.74) is 3.43. The fourth-order valence-electron chi connectivity index (χ4n) is 2.93. The van der Waals surface area contributed by atoms with Crippen LogP contribution in [0.5, 0.6) is 5.75 Å². The first-order chi connectivity index (χ1) is 12.5. The maximum atomic E-state index is 12.7. The van der Waals surface area contributed by atoms with Gasteiger partial charge in [0.15, 0.2) is 0 Å². The highest BCUT2D eigenvalue weighted by atomic mass is 16.5. The van der Waals surface area contributed by atoms with Gasteiger partial charge in [0.1, 0.15) is 5.75 Å². The van der Waals surface area contributed by atoms with Crippen LogP contribution >= 0.6 is 0 Å². The molecule has 0 fully saturated rings. The Kier molecular flexibility index (Phi) is 5.24. The van der Waals surface area contributed by atoms with Crippen LogP contribution in [0.2, 0.25) is 0 Å². The molecular formula is C22H23NO3. The van der Waals surface area contributed by atoms with Crippen molar-refractivity contribution in [3.05, 3.63) is 71.3 Å². The van der Waals surface area contributed by atoms with Crippen molar-refractivity contribution in [2.24, 2.45) is 0 Å². The van der Waals surface area contributed by atoms with E-state index >= 15 is 0 Å². The molecule has 4 nitrogen and oxygen atoms in total. The lowest BCUT2D eigenvalue weighted by Crippen LogP contribution is -2.19. The lowest BCUT2D eigenvalue weighted by molar-refractivity contribution is -0.117. The molecule has 0 saturated heterocycles. The SMILES string of the molecule is COc1ccc2cc([C@H](C)C(=O)Nc3cc(CO)ccc3C)ccc2c1. The molecule has 3 aromatic carbocycles. The summed E-state index contributed by atoms with van der Waals surface area (Å²) in [5.74, 6) is 0.449. The number of rotatable bonds is 5. The van der Waals surface area contributed by atoms with Gasteiger partial charge in [0.05, 0.1) is 19.6 Å². The highest BCUT2D eigenvalue weighted by molar-refractivity contribution is 5.97. The van der Waals surface area contributed by atoms with Gasteiger partial charge in [-0.25, -0.2) is 0 Å². The van der Waals surface area contributed by atoms with Gasteiger partial charge in [0, 0.05) is 5.69 Å². The highest BCUT2D eigenvalue weighted by Gasteiger charge is 2.17. The Hall–Kier alpha value is -2.85. The minimum Gasteiger partial charge on any atom is -0.497 e. The van der Waals surface area contributed by atoms with Crippen LogP contribution in [0.25, 0.3) is 10.8 Å². The normalized spacial score (nSPS) is 12.0. The topological polar surface area (TPSA) is 58.6 Å². The van der Waals surface area contributed by atoms with E-state index in [4.69, 9.17) is 4.74 Å². The lowest BCUT2D eigenvalue weighted by Gasteiger charge is -2.15. The van der Waals surface area contributed by atoms with E-state index in [1.165, 1.54) is 0 Å². The summed E-state index contributed by atoms with van der Waals surface area (Å²) in [6, 6.07) is 17.5. The van der Waals surface area contributed by atoms with E-state index in [9.17, 15) is 9.90 Å². The Morgan fingerprint density at radius 1 is 1.08 bits per heavy atom. The van der Waals surface area contributed by atoms with E-state index < -0.39 is 0 Å². The third-order valence-corrected chi connectivity index (χ3v) is 4.71. The monoisotopic (exact) mass is 349 g/mol. The second-order valence-corrected chi connectivity index (χ2v) is 6.49. The number of benzene rings is 3. The smallest absolute Gasteiger partial charge is 0.231 e. The van der Waals surface area contributed by atoms with Crippen LogP contribution in [0.4, 0.5) is 5.69 Å². The fraction of sp³-hybridized carbons (Fsp3) is 0.227. The third kappa shape index (κ3) is 3.70. The van der Waals surface area contributed by atoms with Gasteiger partial charge in [-0.3, -0.25) is 4.79 Å². The number of aliphatic hydroxyl groups excluding tert-OH is 1. The second kappa shape index (κ2) is 7.58. The number of aryl methyl sites for hydroxylation is 1. The largest absolute Gasteiger partial charge is 0.497 e. The van der Waals surface area contributed by atoms with Gasteiger partial charge in [-0.05, 0) is 59.5 Å². The Morgan fingerprint density at radius 2 is 1.81 bits per heavy atom. The van der Waals surface area contributed by atoms with Crippen molar-refractivity contribution in [2.75, 3.05) is 12.4 Å². The van der Waals surface area contributed by atoms with Crippen molar-refractivity contribution in [3.8, 4) is 5.75 Å². The van der Waals surface area contributed by atoms with E-state index in [-0.39, 0.29) is 18.4 Å². The van der Waals surface area contributed by atoms with Crippen molar-refractivity contribution in [2.45, 2.75) is 26.4 Å². The number of ether oxygens (including phenoxy) is 1. The summed E-state index contributed by atoms with van der Waals surface area (Å²) in [7, 11) is 1.65. The number of hydrogen-bond donors (Lipinski definition) is 2. The Labute approximate surface area is 153 Å². The van der Waals surface area contributed by atoms with Crippen molar-refractivity contribution < 1.29 is 14.6 Å². The first-order valence-electron chi connectivity index (χ1n) is 8.61. The summed E-state index contributed by atoms with van der Waals surface area (Å²) in [4.78, 5) is 12.7. The second-order valence-electron chi connectivity index (χ2n) is 6.49. The number of amides is 1. The molecule has 1 atom stereocenters. The molecule has 4 heteroatoms. The van der Waals surface area contributed by atoms with Crippen LogP contribution in [-0.4, -0.2) is 18.1 Å². The molecule has 0 unspecified atom stereocenters. The number of fused-ring (bicyclic) bond motifs is 1. The molecule has 0 spiro atoms. The quantitative estimate of drug-likeness (QED) is 0.718. The maximum Gasteiger partial charge on any atom is 0.231 e. The summed E-state index contributed by atoms with van der Waals surface area (Å²) in [5, 5.41) is 14.4. The number of carbonyl (C=O) groups excluding carboxylic acids is 1. The Bertz CT molecular complexity index is 949. The van der Waals surface area contributed by atoms with Gasteiger partial charge in [0.2, 0.25) is 5.91 Å². The highest BCUT2D eigenvalue weighted by Crippen LogP contribution is 2.26. The van der Waals surface area contributed by atoms with Crippen LogP contribution in [0.15, 0.2) is 54.6 Å². The molecule has 3 aromatic rings. The van der Waals surface area contributed by atoms with E-state index in [1.807, 2.05) is 68.4 Å². The summed E-state index contributed by atoms with van der Waals surface area (Å²) in [6.07, 6.45) is 0. The van der Waals surface area contributed by atoms with Gasteiger partial charge in [-0.1, -0.05) is 36.4 Å². The summed E-state index contributed by atoms with van der Waals surface area (Å²) in [6.45, 7) is 3.78. The van der Waals surface area contributed by atoms with Gasteiger partial charge in [-0.15, -0.1) is 0 Å². The molecule has 0 bridgehead atoms. The minimum atomic E-state index is -0.293. The number of anilines is 1. The molecular weight excluding hydrogens is 326 g/mol. The molecule has 0 radical (unpaired) electrons. The van der Waals surface area contributed by atoms with E-state index in [1.54, 1.807) is 7.11 Å². The van der Waals surface area contributed by atoms with Crippen LogP contribution in [0, 0.1) is 6.92 Å². The van der Waals surface area contributed by atoms with E-state index in [0.29, 0.717) is 0 Å². The van der Waals surface area contributed by atoms with Crippen molar-refractivity contribution >= 4 is 22.4 Å². The fourth-order valence-corrected chi connectivity index (χ4v) is 2.93. The number of nitrogens with one attached hydrogen (secondary N) is 1. The van der Waals surface area contributed by atoms with Crippen molar-refractivity contribution in [1.29, 1.82) is 0 Å². The standard InChI is InChI=1S/C22H23NO3/c1-14-4-5-16(13-24)10-21(14)23-22(25)15(2)17-6-7-19-12-20(26-3)9-8-18(19)11-17/h4-12,15,24H,13H2,1-3H3,(H,23,25)/t15-/m0/s1. The first kappa shape index (κ1) is 18.0. The zero-order chi connectivity index (χ0) is 18.7. The molecule has 0 aliphatic carbocycles. The number of carbonyl (C=O) groups is 1. The van der Waals surface area contributed by atoms with E-state index in [2.05, 4.69) is 5.32 Å². The molecule has 3 rings (SSSR count). The predicted molar refractivity (Wildman–Crippen MR) is 105 cm³/mol. The van der Waals surface area contributed by atoms with Crippen LogP contribution in [0.1, 0.15) is 29.5 Å². The molecule has 0 aromatic heterocycles. The molecule has 134 valence electrons. The molecule has 1 amide bonds. The number of hydrogen-bond acceptors (Lipinski definition) is 3. The lowest BCUT2D eigenvalue weighted by atomic mass is 9.96. The van der Waals surface area contributed by atoms with Gasteiger partial charge >= 0.3 is 0 Å². The predicted octanol–water partition coefficient (Wildman–Crippen LogP) is 4.39. The van der Waals surface area contributed by atoms with E-state index in [0.717, 1.165) is 38.9 Å². The molecule has 26 heavy (non-hydrogen) atoms. The third-order valence-electron chi connectivity index (χ3n) is 4.71. The minimum absolute atomic E-state index is 0.0488. The van der Waals surface area contributed by atoms with Crippen LogP contribution < -0.4 is 10.1 Å². The molecule has 0 aliphatic heterocycles. The Balaban J connectivity index is 1.83. The number of methoxy groups -OCH3 is 1. The molecule has 0 heterocycles. The molecule has 0 saturated carbocycles. The van der Waals surface area contributed by atoms with Crippen LogP contribution in [-0.2, 0) is 11.4 Å². The average Bonchev–Trinajstić information content (AvgIpc) is 2.68. The average molecular weight is 349 g/mol. The Morgan fingerprint density at radius 3 is 2.54 bits per heavy atom. The maximum absolute atomic E-state index is 12.7. The van der Waals surface area contributed by atoms with Crippen molar-refractivity contribution in [1.82, 2.24) is 0 Å². The van der Waals surface area contributed by atoms with Gasteiger partial charge < -0.3 is 15.2 Å². The summed E-state index contributed by atoms with van der Waals surface area (Å²) >= 11 is 0. The van der Waals surface area contributed by atoms with Crippen LogP contribution in [0.3, 0.4) is 0 Å². The van der Waals surface area contributed by atoms with Gasteiger partial charge in [0.25, 0.3) is 0 Å². The summed E-state index contributed by atoms with van der Waals surface area (Å²) < 4.78 is 5.25. The van der Waals surface area contributed by atoms with Crippen molar-refractivity contribution in [3.63, 3.8) is 0 Å². The van der Waals surface area contributed by atoms with Gasteiger partial charge in [-0.2, -0.15) is 0 Å². The zero-order valence-corrected chi connectivity index (χ0v) is 15.2. The number of aliphatic hydroxyl groups is 1.